The van der Waals surface area contributed by atoms with E-state index in [4.69, 9.17) is 9.31 Å². The second-order valence-corrected chi connectivity index (χ2v) is 3.01. The lowest BCUT2D eigenvalue weighted by molar-refractivity contribution is 0.170. The topological polar surface area (TPSA) is 18.5 Å². The smallest absolute Gasteiger partial charge is 0.525 e. The third-order valence-electron chi connectivity index (χ3n) is 1.70. The monoisotopic (exact) mass is 140 g/mol. The van der Waals surface area contributed by atoms with Crippen LogP contribution in [0.4, 0.5) is 0 Å². The highest BCUT2D eigenvalue weighted by molar-refractivity contribution is 6.45. The predicted molar refractivity (Wildman–Crippen MR) is 41.6 cm³/mol. The Bertz CT molecular complexity index is 154. The van der Waals surface area contributed by atoms with Crippen molar-refractivity contribution < 1.29 is 9.31 Å². The van der Waals surface area contributed by atoms with Crippen LogP contribution >= 0.6 is 0 Å². The Morgan fingerprint density at radius 1 is 1.60 bits per heavy atom. The quantitative estimate of drug-likeness (QED) is 0.517. The van der Waals surface area contributed by atoms with Crippen LogP contribution in [0, 0.1) is 0 Å². The van der Waals surface area contributed by atoms with Crippen LogP contribution in [0.5, 0.6) is 0 Å². The van der Waals surface area contributed by atoms with Gasteiger partial charge in [-0.25, -0.2) is 0 Å². The van der Waals surface area contributed by atoms with Gasteiger partial charge >= 0.3 is 7.12 Å². The molecule has 0 aromatic rings. The van der Waals surface area contributed by atoms with E-state index >= 15 is 0 Å². The van der Waals surface area contributed by atoms with Crippen molar-refractivity contribution in [3.05, 3.63) is 12.3 Å². The summed E-state index contributed by atoms with van der Waals surface area (Å²) in [6.45, 7) is 9.71. The second kappa shape index (κ2) is 2.31. The zero-order valence-electron chi connectivity index (χ0n) is 6.81. The van der Waals surface area contributed by atoms with Gasteiger partial charge in [0, 0.05) is 0 Å². The van der Waals surface area contributed by atoms with Crippen molar-refractivity contribution in [1.29, 1.82) is 0 Å². The molecule has 0 unspecified atom stereocenters. The third-order valence-corrected chi connectivity index (χ3v) is 1.70. The number of hydrogen-bond acceptors (Lipinski definition) is 2. The Labute approximate surface area is 62.4 Å². The molecule has 0 spiro atoms. The van der Waals surface area contributed by atoms with Gasteiger partial charge in [0.1, 0.15) is 5.60 Å². The molecule has 0 radical (unpaired) electrons. The van der Waals surface area contributed by atoms with E-state index < -0.39 is 0 Å². The molecule has 3 heteroatoms. The molecule has 10 heavy (non-hydrogen) atoms. The third kappa shape index (κ3) is 1.19. The summed E-state index contributed by atoms with van der Waals surface area (Å²) in [5.74, 6) is 0.736. The summed E-state index contributed by atoms with van der Waals surface area (Å²) in [7, 11) is -0.0810. The molecule has 1 rings (SSSR count). The highest BCUT2D eigenvalue weighted by Gasteiger charge is 2.39. The van der Waals surface area contributed by atoms with Crippen molar-refractivity contribution >= 4 is 7.12 Å². The van der Waals surface area contributed by atoms with Crippen LogP contribution in [0.2, 0.25) is 6.32 Å². The maximum Gasteiger partial charge on any atom is 0.525 e. The van der Waals surface area contributed by atoms with E-state index in [-0.39, 0.29) is 12.7 Å². The molecule has 1 fully saturated rings. The van der Waals surface area contributed by atoms with Crippen molar-refractivity contribution in [1.82, 2.24) is 0 Å². The molecule has 1 aliphatic heterocycles. The van der Waals surface area contributed by atoms with Crippen molar-refractivity contribution in [2.75, 3.05) is 0 Å². The van der Waals surface area contributed by atoms with Crippen LogP contribution in [-0.4, -0.2) is 12.7 Å². The molecular weight excluding hydrogens is 127 g/mol. The maximum atomic E-state index is 5.49. The van der Waals surface area contributed by atoms with Gasteiger partial charge in [-0.2, -0.15) is 0 Å². The fraction of sp³-hybridized carbons (Fsp3) is 0.714. The van der Waals surface area contributed by atoms with Gasteiger partial charge in [0.2, 0.25) is 0 Å². The Hall–Kier alpha value is -0.435. The summed E-state index contributed by atoms with van der Waals surface area (Å²) in [6.07, 6.45) is 0.877. The van der Waals surface area contributed by atoms with Crippen LogP contribution < -0.4 is 0 Å². The molecule has 56 valence electrons. The summed E-state index contributed by atoms with van der Waals surface area (Å²) < 4.78 is 10.8. The molecule has 0 aromatic carbocycles. The van der Waals surface area contributed by atoms with E-state index in [0.29, 0.717) is 0 Å². The lowest BCUT2D eigenvalue weighted by Gasteiger charge is -2.15. The lowest BCUT2D eigenvalue weighted by atomic mass is 9.87. The standard InChI is InChI=1S/C7H13BO2/c1-5-8-9-6(2)7(3,4)10-8/h2,5H2,1,3-4H3. The van der Waals surface area contributed by atoms with Crippen molar-refractivity contribution in [3.63, 3.8) is 0 Å². The SMILES string of the molecule is C=C1OB(CC)OC1(C)C. The summed E-state index contributed by atoms with van der Waals surface area (Å²) in [5.41, 5.74) is -0.291. The number of hydrogen-bond donors (Lipinski definition) is 0. The van der Waals surface area contributed by atoms with Gasteiger partial charge in [-0.1, -0.05) is 13.5 Å². The minimum Gasteiger partial charge on any atom is -0.537 e. The van der Waals surface area contributed by atoms with Crippen molar-refractivity contribution in [2.45, 2.75) is 32.7 Å². The van der Waals surface area contributed by atoms with E-state index in [1.165, 1.54) is 0 Å². The lowest BCUT2D eigenvalue weighted by Crippen LogP contribution is -2.22. The Morgan fingerprint density at radius 2 is 2.20 bits per heavy atom. The van der Waals surface area contributed by atoms with Gasteiger partial charge < -0.3 is 9.31 Å². The van der Waals surface area contributed by atoms with Crippen molar-refractivity contribution in [3.8, 4) is 0 Å². The van der Waals surface area contributed by atoms with Crippen LogP contribution in [-0.2, 0) is 9.31 Å². The molecule has 0 aromatic heterocycles. The average molecular weight is 140 g/mol. The fourth-order valence-corrected chi connectivity index (χ4v) is 0.886. The molecule has 1 aliphatic rings. The van der Waals surface area contributed by atoms with E-state index in [1.54, 1.807) is 0 Å². The van der Waals surface area contributed by atoms with Gasteiger partial charge in [0.15, 0.2) is 0 Å². The van der Waals surface area contributed by atoms with Crippen LogP contribution in [0.1, 0.15) is 20.8 Å². The summed E-state index contributed by atoms with van der Waals surface area (Å²) in [4.78, 5) is 0. The molecule has 0 aliphatic carbocycles. The predicted octanol–water partition coefficient (Wildman–Crippen LogP) is 1.83. The van der Waals surface area contributed by atoms with Crippen molar-refractivity contribution in [2.24, 2.45) is 0 Å². The zero-order valence-corrected chi connectivity index (χ0v) is 6.81. The summed E-state index contributed by atoms with van der Waals surface area (Å²) in [5, 5.41) is 0. The minimum atomic E-state index is -0.291. The molecule has 0 amide bonds. The van der Waals surface area contributed by atoms with E-state index in [2.05, 4.69) is 6.58 Å². The summed E-state index contributed by atoms with van der Waals surface area (Å²) >= 11 is 0. The highest BCUT2D eigenvalue weighted by Crippen LogP contribution is 2.30. The molecule has 1 saturated heterocycles. The van der Waals surface area contributed by atoms with E-state index in [9.17, 15) is 0 Å². The van der Waals surface area contributed by atoms with Gasteiger partial charge in [-0.05, 0) is 20.2 Å². The normalized spacial score (nSPS) is 23.1. The Morgan fingerprint density at radius 3 is 2.40 bits per heavy atom. The minimum absolute atomic E-state index is 0.0810. The first-order valence-corrected chi connectivity index (χ1v) is 3.60. The molecule has 0 bridgehead atoms. The first-order chi connectivity index (χ1) is 4.56. The first-order valence-electron chi connectivity index (χ1n) is 3.60. The Balaban J connectivity index is 2.62. The van der Waals surface area contributed by atoms with Crippen LogP contribution in [0.25, 0.3) is 0 Å². The van der Waals surface area contributed by atoms with Gasteiger partial charge in [-0.15, -0.1) is 0 Å². The molecule has 2 nitrogen and oxygen atoms in total. The first kappa shape index (κ1) is 7.67. The largest absolute Gasteiger partial charge is 0.537 e. The van der Waals surface area contributed by atoms with Gasteiger partial charge in [-0.3, -0.25) is 0 Å². The average Bonchev–Trinajstić information content (AvgIpc) is 2.08. The summed E-state index contributed by atoms with van der Waals surface area (Å²) in [6, 6.07) is 0. The molecule has 1 heterocycles. The van der Waals surface area contributed by atoms with Gasteiger partial charge in [0.05, 0.1) is 5.76 Å². The molecule has 0 N–H and O–H groups in total. The second-order valence-electron chi connectivity index (χ2n) is 3.01. The highest BCUT2D eigenvalue weighted by atomic mass is 16.7. The van der Waals surface area contributed by atoms with E-state index in [0.717, 1.165) is 12.1 Å². The van der Waals surface area contributed by atoms with Crippen LogP contribution in [0.3, 0.4) is 0 Å². The molecule has 0 saturated carbocycles. The van der Waals surface area contributed by atoms with E-state index in [1.807, 2.05) is 20.8 Å². The Kier molecular flexibility index (Phi) is 1.77. The molecular formula is C7H13BO2. The van der Waals surface area contributed by atoms with Gasteiger partial charge in [0.25, 0.3) is 0 Å². The number of rotatable bonds is 1. The zero-order chi connectivity index (χ0) is 7.78. The molecule has 0 atom stereocenters. The van der Waals surface area contributed by atoms with Crippen LogP contribution in [0.15, 0.2) is 12.3 Å². The fourth-order valence-electron chi connectivity index (χ4n) is 0.886. The maximum absolute atomic E-state index is 5.49.